The first-order chi connectivity index (χ1) is 11.5. The van der Waals surface area contributed by atoms with Crippen LogP contribution in [0.3, 0.4) is 0 Å². The SMILES string of the molecule is Cc1n[nH]c(C)c1Cc1ccc(C(=O)Nc2ccccc2N)cc1. The van der Waals surface area contributed by atoms with Crippen molar-refractivity contribution in [2.45, 2.75) is 20.3 Å². The van der Waals surface area contributed by atoms with Gasteiger partial charge in [0.15, 0.2) is 0 Å². The Morgan fingerprint density at radius 1 is 1.12 bits per heavy atom. The highest BCUT2D eigenvalue weighted by Crippen LogP contribution is 2.19. The normalized spacial score (nSPS) is 10.6. The van der Waals surface area contributed by atoms with Gasteiger partial charge >= 0.3 is 0 Å². The summed E-state index contributed by atoms with van der Waals surface area (Å²) in [5.74, 6) is -0.171. The number of anilines is 2. The summed E-state index contributed by atoms with van der Waals surface area (Å²) in [6.45, 7) is 4.01. The van der Waals surface area contributed by atoms with Gasteiger partial charge in [-0.1, -0.05) is 24.3 Å². The highest BCUT2D eigenvalue weighted by Gasteiger charge is 2.10. The number of hydrogen-bond acceptors (Lipinski definition) is 3. The first-order valence-corrected chi connectivity index (χ1v) is 7.80. The number of hydrogen-bond donors (Lipinski definition) is 3. The molecule has 4 N–H and O–H groups in total. The van der Waals surface area contributed by atoms with Crippen LogP contribution in [0.2, 0.25) is 0 Å². The van der Waals surface area contributed by atoms with E-state index in [9.17, 15) is 4.79 Å². The van der Waals surface area contributed by atoms with Crippen LogP contribution in [0.5, 0.6) is 0 Å². The second kappa shape index (κ2) is 6.58. The van der Waals surface area contributed by atoms with Gasteiger partial charge in [0.1, 0.15) is 0 Å². The van der Waals surface area contributed by atoms with Gasteiger partial charge in [0.25, 0.3) is 5.91 Å². The molecule has 5 heteroatoms. The Bertz CT molecular complexity index is 846. The molecule has 0 radical (unpaired) electrons. The molecule has 3 aromatic rings. The number of amides is 1. The number of aromatic nitrogens is 2. The van der Waals surface area contributed by atoms with Crippen molar-refractivity contribution in [1.82, 2.24) is 10.2 Å². The highest BCUT2D eigenvalue weighted by atomic mass is 16.1. The van der Waals surface area contributed by atoms with Gasteiger partial charge in [0.2, 0.25) is 0 Å². The largest absolute Gasteiger partial charge is 0.397 e. The van der Waals surface area contributed by atoms with Crippen molar-refractivity contribution >= 4 is 17.3 Å². The van der Waals surface area contributed by atoms with E-state index in [1.54, 1.807) is 12.1 Å². The number of benzene rings is 2. The molecule has 1 aromatic heterocycles. The van der Waals surface area contributed by atoms with E-state index in [1.165, 1.54) is 5.56 Å². The zero-order valence-electron chi connectivity index (χ0n) is 13.8. The lowest BCUT2D eigenvalue weighted by atomic mass is 10.0. The number of nitrogens with zero attached hydrogens (tertiary/aromatic N) is 1. The van der Waals surface area contributed by atoms with Crippen LogP contribution in [0, 0.1) is 13.8 Å². The number of para-hydroxylation sites is 2. The standard InChI is InChI=1S/C19H20N4O/c1-12-16(13(2)23-22-12)11-14-7-9-15(10-8-14)19(24)21-18-6-4-3-5-17(18)20/h3-10H,11,20H2,1-2H3,(H,21,24)(H,22,23). The van der Waals surface area contributed by atoms with Crippen LogP contribution in [0.25, 0.3) is 0 Å². The van der Waals surface area contributed by atoms with Crippen molar-refractivity contribution in [1.29, 1.82) is 0 Å². The van der Waals surface area contributed by atoms with Crippen LogP contribution in [-0.2, 0) is 6.42 Å². The first kappa shape index (κ1) is 15.8. The third-order valence-corrected chi connectivity index (χ3v) is 4.09. The average molecular weight is 320 g/mol. The third kappa shape index (κ3) is 3.30. The maximum Gasteiger partial charge on any atom is 0.255 e. The molecule has 1 amide bonds. The Morgan fingerprint density at radius 3 is 2.46 bits per heavy atom. The van der Waals surface area contributed by atoms with Crippen LogP contribution >= 0.6 is 0 Å². The summed E-state index contributed by atoms with van der Waals surface area (Å²) in [4.78, 5) is 12.3. The third-order valence-electron chi connectivity index (χ3n) is 4.09. The van der Waals surface area contributed by atoms with Crippen molar-refractivity contribution in [3.63, 3.8) is 0 Å². The van der Waals surface area contributed by atoms with E-state index < -0.39 is 0 Å². The van der Waals surface area contributed by atoms with Crippen LogP contribution in [0.15, 0.2) is 48.5 Å². The van der Waals surface area contributed by atoms with E-state index in [-0.39, 0.29) is 5.91 Å². The number of rotatable bonds is 4. The van der Waals surface area contributed by atoms with Gasteiger partial charge in [-0.2, -0.15) is 5.10 Å². The van der Waals surface area contributed by atoms with Crippen molar-refractivity contribution in [3.05, 3.63) is 76.6 Å². The van der Waals surface area contributed by atoms with Gasteiger partial charge in [0, 0.05) is 23.2 Å². The van der Waals surface area contributed by atoms with Crippen molar-refractivity contribution < 1.29 is 4.79 Å². The minimum absolute atomic E-state index is 0.171. The van der Waals surface area contributed by atoms with Gasteiger partial charge in [-0.3, -0.25) is 9.89 Å². The second-order valence-corrected chi connectivity index (χ2v) is 5.83. The Morgan fingerprint density at radius 2 is 1.83 bits per heavy atom. The van der Waals surface area contributed by atoms with E-state index in [1.807, 2.05) is 50.2 Å². The second-order valence-electron chi connectivity index (χ2n) is 5.83. The maximum atomic E-state index is 12.3. The molecule has 2 aromatic carbocycles. The Balaban J connectivity index is 1.72. The van der Waals surface area contributed by atoms with Gasteiger partial charge in [-0.25, -0.2) is 0 Å². The molecular weight excluding hydrogens is 300 g/mol. The first-order valence-electron chi connectivity index (χ1n) is 7.80. The fourth-order valence-corrected chi connectivity index (χ4v) is 2.62. The summed E-state index contributed by atoms with van der Waals surface area (Å²) >= 11 is 0. The summed E-state index contributed by atoms with van der Waals surface area (Å²) in [5, 5.41) is 10.0. The number of aromatic amines is 1. The van der Waals surface area contributed by atoms with Crippen LogP contribution in [-0.4, -0.2) is 16.1 Å². The van der Waals surface area contributed by atoms with E-state index >= 15 is 0 Å². The lowest BCUT2D eigenvalue weighted by molar-refractivity contribution is 0.102. The topological polar surface area (TPSA) is 83.8 Å². The minimum Gasteiger partial charge on any atom is -0.397 e. The van der Waals surface area contributed by atoms with E-state index in [2.05, 4.69) is 15.5 Å². The van der Waals surface area contributed by atoms with Crippen LogP contribution in [0.1, 0.15) is 32.9 Å². The number of nitrogen functional groups attached to an aromatic ring is 1. The zero-order chi connectivity index (χ0) is 17.1. The molecule has 0 aliphatic heterocycles. The van der Waals surface area contributed by atoms with Crippen molar-refractivity contribution in [3.8, 4) is 0 Å². The Kier molecular flexibility index (Phi) is 4.33. The lowest BCUT2D eigenvalue weighted by Gasteiger charge is -2.08. The molecule has 0 atom stereocenters. The minimum atomic E-state index is -0.171. The van der Waals surface area contributed by atoms with Crippen LogP contribution in [0.4, 0.5) is 11.4 Å². The number of nitrogens with one attached hydrogen (secondary N) is 2. The summed E-state index contributed by atoms with van der Waals surface area (Å²) < 4.78 is 0. The van der Waals surface area contributed by atoms with E-state index in [0.717, 1.165) is 23.4 Å². The Hall–Kier alpha value is -3.08. The molecule has 0 aliphatic rings. The molecule has 1 heterocycles. The summed E-state index contributed by atoms with van der Waals surface area (Å²) in [6.07, 6.45) is 0.793. The Labute approximate surface area is 140 Å². The molecule has 0 saturated heterocycles. The molecule has 3 rings (SSSR count). The number of carbonyl (C=O) groups is 1. The van der Waals surface area contributed by atoms with Gasteiger partial charge in [0.05, 0.1) is 17.1 Å². The van der Waals surface area contributed by atoms with E-state index in [4.69, 9.17) is 5.73 Å². The van der Waals surface area contributed by atoms with Gasteiger partial charge in [-0.05, 0) is 43.7 Å². The van der Waals surface area contributed by atoms with Crippen molar-refractivity contribution in [2.75, 3.05) is 11.1 Å². The molecule has 24 heavy (non-hydrogen) atoms. The van der Waals surface area contributed by atoms with Gasteiger partial charge in [-0.15, -0.1) is 0 Å². The molecule has 0 bridgehead atoms. The fraction of sp³-hybridized carbons (Fsp3) is 0.158. The van der Waals surface area contributed by atoms with Gasteiger partial charge < -0.3 is 11.1 Å². The molecule has 0 aliphatic carbocycles. The molecule has 0 saturated carbocycles. The number of H-pyrrole nitrogens is 1. The van der Waals surface area contributed by atoms with E-state index in [0.29, 0.717) is 16.9 Å². The number of aryl methyl sites for hydroxylation is 2. The average Bonchev–Trinajstić information content (AvgIpc) is 2.89. The molecule has 0 unspecified atom stereocenters. The summed E-state index contributed by atoms with van der Waals surface area (Å²) in [7, 11) is 0. The lowest BCUT2D eigenvalue weighted by Crippen LogP contribution is -2.13. The quantitative estimate of drug-likeness (QED) is 0.644. The van der Waals surface area contributed by atoms with Crippen LogP contribution < -0.4 is 11.1 Å². The molecular formula is C19H20N4O. The summed E-state index contributed by atoms with van der Waals surface area (Å²) in [5.41, 5.74) is 12.0. The smallest absolute Gasteiger partial charge is 0.255 e. The zero-order valence-corrected chi connectivity index (χ0v) is 13.8. The number of nitrogens with two attached hydrogens (primary N) is 1. The maximum absolute atomic E-state index is 12.3. The fourth-order valence-electron chi connectivity index (χ4n) is 2.62. The molecule has 0 spiro atoms. The predicted octanol–water partition coefficient (Wildman–Crippen LogP) is 3.45. The van der Waals surface area contributed by atoms with Crippen molar-refractivity contribution in [2.24, 2.45) is 0 Å². The monoisotopic (exact) mass is 320 g/mol. The molecule has 122 valence electrons. The predicted molar refractivity (Wildman–Crippen MR) is 96.1 cm³/mol. The highest BCUT2D eigenvalue weighted by molar-refractivity contribution is 6.05. The number of carbonyl (C=O) groups excluding carboxylic acids is 1. The molecule has 0 fully saturated rings. The molecule has 5 nitrogen and oxygen atoms in total. The summed E-state index contributed by atoms with van der Waals surface area (Å²) in [6, 6.07) is 14.8.